The molecule has 74 valence electrons. The Hall–Kier alpha value is -1.25. The van der Waals surface area contributed by atoms with Gasteiger partial charge in [-0.3, -0.25) is 4.79 Å². The van der Waals surface area contributed by atoms with E-state index in [9.17, 15) is 4.79 Å². The standard InChI is InChI=1S/C10H16O3/c1-5-13-7-9(8(2)3)6-10(11)12-4/h7H,2,5-6H2,1,3-4H3. The smallest absolute Gasteiger partial charge is 0.310 e. The SMILES string of the molecule is C=C(C)C(=COCC)CC(=O)OC. The van der Waals surface area contributed by atoms with Crippen LogP contribution >= 0.6 is 0 Å². The average Bonchev–Trinajstić information content (AvgIpc) is 2.11. The zero-order valence-electron chi connectivity index (χ0n) is 8.42. The summed E-state index contributed by atoms with van der Waals surface area (Å²) in [5, 5.41) is 0. The van der Waals surface area contributed by atoms with Crippen molar-refractivity contribution in [3.63, 3.8) is 0 Å². The molecule has 0 aromatic heterocycles. The molecule has 0 aliphatic carbocycles. The summed E-state index contributed by atoms with van der Waals surface area (Å²) in [6.45, 7) is 8.03. The number of methoxy groups -OCH3 is 1. The summed E-state index contributed by atoms with van der Waals surface area (Å²) in [6, 6.07) is 0. The highest BCUT2D eigenvalue weighted by molar-refractivity contribution is 5.73. The monoisotopic (exact) mass is 184 g/mol. The topological polar surface area (TPSA) is 35.5 Å². The number of hydrogen-bond donors (Lipinski definition) is 0. The molecule has 0 fully saturated rings. The molecule has 0 saturated heterocycles. The van der Waals surface area contributed by atoms with Crippen molar-refractivity contribution < 1.29 is 14.3 Å². The molecule has 3 nitrogen and oxygen atoms in total. The summed E-state index contributed by atoms with van der Waals surface area (Å²) in [5.41, 5.74) is 1.59. The summed E-state index contributed by atoms with van der Waals surface area (Å²) >= 11 is 0. The van der Waals surface area contributed by atoms with Gasteiger partial charge in [0.15, 0.2) is 0 Å². The van der Waals surface area contributed by atoms with E-state index in [4.69, 9.17) is 4.74 Å². The van der Waals surface area contributed by atoms with Gasteiger partial charge in [0.25, 0.3) is 0 Å². The number of esters is 1. The maximum atomic E-state index is 10.9. The third-order valence-electron chi connectivity index (χ3n) is 1.50. The lowest BCUT2D eigenvalue weighted by molar-refractivity contribution is -0.139. The molecule has 3 heteroatoms. The summed E-state index contributed by atoms with van der Waals surface area (Å²) in [6.07, 6.45) is 1.77. The Bertz CT molecular complexity index is 216. The minimum Gasteiger partial charge on any atom is -0.501 e. The first kappa shape index (κ1) is 11.8. The fourth-order valence-electron chi connectivity index (χ4n) is 0.705. The predicted octanol–water partition coefficient (Wildman–Crippen LogP) is 2.05. The molecule has 0 heterocycles. The molecule has 0 unspecified atom stereocenters. The van der Waals surface area contributed by atoms with E-state index in [0.717, 1.165) is 11.1 Å². The fraction of sp³-hybridized carbons (Fsp3) is 0.500. The molecule has 0 aromatic carbocycles. The molecule has 0 aliphatic rings. The number of carbonyl (C=O) groups excluding carboxylic acids is 1. The van der Waals surface area contributed by atoms with Crippen LogP contribution in [0.15, 0.2) is 24.0 Å². The number of ether oxygens (including phenoxy) is 2. The van der Waals surface area contributed by atoms with Crippen LogP contribution in [0.3, 0.4) is 0 Å². The summed E-state index contributed by atoms with van der Waals surface area (Å²) in [4.78, 5) is 10.9. The minimum atomic E-state index is -0.283. The lowest BCUT2D eigenvalue weighted by atomic mass is 10.1. The van der Waals surface area contributed by atoms with Gasteiger partial charge < -0.3 is 9.47 Å². The fourth-order valence-corrected chi connectivity index (χ4v) is 0.705. The van der Waals surface area contributed by atoms with E-state index in [1.54, 1.807) is 6.26 Å². The molecule has 0 aromatic rings. The Morgan fingerprint density at radius 1 is 1.54 bits per heavy atom. The number of rotatable bonds is 5. The van der Waals surface area contributed by atoms with Crippen molar-refractivity contribution in [1.82, 2.24) is 0 Å². The molecular weight excluding hydrogens is 168 g/mol. The molecule has 0 spiro atoms. The van der Waals surface area contributed by atoms with Crippen molar-refractivity contribution >= 4 is 5.97 Å². The lowest BCUT2D eigenvalue weighted by Crippen LogP contribution is -2.03. The summed E-state index contributed by atoms with van der Waals surface area (Å²) in [5.74, 6) is -0.283. The van der Waals surface area contributed by atoms with Crippen LogP contribution in [0.4, 0.5) is 0 Å². The van der Waals surface area contributed by atoms with Crippen LogP contribution < -0.4 is 0 Å². The van der Waals surface area contributed by atoms with Crippen LogP contribution in [-0.4, -0.2) is 19.7 Å². The van der Waals surface area contributed by atoms with Crippen LogP contribution in [-0.2, 0) is 14.3 Å². The van der Waals surface area contributed by atoms with E-state index in [-0.39, 0.29) is 12.4 Å². The average molecular weight is 184 g/mol. The first-order valence-corrected chi connectivity index (χ1v) is 4.15. The third-order valence-corrected chi connectivity index (χ3v) is 1.50. The Morgan fingerprint density at radius 2 is 2.15 bits per heavy atom. The molecule has 0 N–H and O–H groups in total. The van der Waals surface area contributed by atoms with Gasteiger partial charge in [-0.1, -0.05) is 12.2 Å². The normalized spacial score (nSPS) is 10.8. The van der Waals surface area contributed by atoms with Crippen molar-refractivity contribution in [3.8, 4) is 0 Å². The van der Waals surface area contributed by atoms with E-state index in [2.05, 4.69) is 11.3 Å². The van der Waals surface area contributed by atoms with Gasteiger partial charge >= 0.3 is 5.97 Å². The van der Waals surface area contributed by atoms with E-state index in [0.29, 0.717) is 6.61 Å². The van der Waals surface area contributed by atoms with Gasteiger partial charge in [0, 0.05) is 5.57 Å². The quantitative estimate of drug-likeness (QED) is 0.372. The van der Waals surface area contributed by atoms with Crippen molar-refractivity contribution in [3.05, 3.63) is 24.0 Å². The first-order chi connectivity index (χ1) is 6.11. The second-order valence-corrected chi connectivity index (χ2v) is 2.63. The van der Waals surface area contributed by atoms with Gasteiger partial charge in [0.05, 0.1) is 26.4 Å². The lowest BCUT2D eigenvalue weighted by Gasteiger charge is -2.05. The van der Waals surface area contributed by atoms with E-state index in [1.165, 1.54) is 7.11 Å². The molecule has 0 saturated carbocycles. The number of carbonyl (C=O) groups is 1. The van der Waals surface area contributed by atoms with Gasteiger partial charge in [-0.15, -0.1) is 0 Å². The second-order valence-electron chi connectivity index (χ2n) is 2.63. The van der Waals surface area contributed by atoms with E-state index >= 15 is 0 Å². The molecule has 0 radical (unpaired) electrons. The van der Waals surface area contributed by atoms with Gasteiger partial charge in [0.1, 0.15) is 0 Å². The van der Waals surface area contributed by atoms with Crippen LogP contribution in [0.25, 0.3) is 0 Å². The van der Waals surface area contributed by atoms with Crippen molar-refractivity contribution in [2.24, 2.45) is 0 Å². The maximum absolute atomic E-state index is 10.9. The molecule has 0 aliphatic heterocycles. The molecule has 0 bridgehead atoms. The van der Waals surface area contributed by atoms with Gasteiger partial charge in [0.2, 0.25) is 0 Å². The summed E-state index contributed by atoms with van der Waals surface area (Å²) in [7, 11) is 1.36. The van der Waals surface area contributed by atoms with E-state index in [1.807, 2.05) is 13.8 Å². The van der Waals surface area contributed by atoms with Crippen molar-refractivity contribution in [1.29, 1.82) is 0 Å². The maximum Gasteiger partial charge on any atom is 0.310 e. The van der Waals surface area contributed by atoms with Crippen molar-refractivity contribution in [2.75, 3.05) is 13.7 Å². The number of allylic oxidation sites excluding steroid dienone is 1. The Labute approximate surface area is 79.0 Å². The first-order valence-electron chi connectivity index (χ1n) is 4.15. The zero-order chi connectivity index (χ0) is 10.3. The number of hydrogen-bond acceptors (Lipinski definition) is 3. The highest BCUT2D eigenvalue weighted by atomic mass is 16.5. The van der Waals surface area contributed by atoms with Gasteiger partial charge in [-0.05, 0) is 13.8 Å². The van der Waals surface area contributed by atoms with Crippen LogP contribution in [0.1, 0.15) is 20.3 Å². The predicted molar refractivity (Wildman–Crippen MR) is 51.2 cm³/mol. The van der Waals surface area contributed by atoms with Crippen LogP contribution in [0.2, 0.25) is 0 Å². The molecule has 0 amide bonds. The molecule has 0 rings (SSSR count). The van der Waals surface area contributed by atoms with E-state index < -0.39 is 0 Å². The Morgan fingerprint density at radius 3 is 2.54 bits per heavy atom. The molecule has 0 atom stereocenters. The highest BCUT2D eigenvalue weighted by Gasteiger charge is 2.06. The molecular formula is C10H16O3. The van der Waals surface area contributed by atoms with Crippen LogP contribution in [0, 0.1) is 0 Å². The third kappa shape index (κ3) is 5.06. The largest absolute Gasteiger partial charge is 0.501 e. The highest BCUT2D eigenvalue weighted by Crippen LogP contribution is 2.12. The molecule has 13 heavy (non-hydrogen) atoms. The Balaban J connectivity index is 4.26. The minimum absolute atomic E-state index is 0.214. The van der Waals surface area contributed by atoms with Crippen molar-refractivity contribution in [2.45, 2.75) is 20.3 Å². The summed E-state index contributed by atoms with van der Waals surface area (Å²) < 4.78 is 9.61. The van der Waals surface area contributed by atoms with Gasteiger partial charge in [-0.25, -0.2) is 0 Å². The second kappa shape index (κ2) is 6.29. The van der Waals surface area contributed by atoms with Crippen LogP contribution in [0.5, 0.6) is 0 Å². The zero-order valence-corrected chi connectivity index (χ0v) is 8.42. The van der Waals surface area contributed by atoms with Gasteiger partial charge in [-0.2, -0.15) is 0 Å². The Kier molecular flexibility index (Phi) is 5.68.